The first-order valence-corrected chi connectivity index (χ1v) is 8.42. The second-order valence-electron chi connectivity index (χ2n) is 5.68. The van der Waals surface area contributed by atoms with E-state index in [-0.39, 0.29) is 78.1 Å². The Kier molecular flexibility index (Phi) is 24.0. The van der Waals surface area contributed by atoms with Crippen molar-refractivity contribution in [3.63, 3.8) is 0 Å². The summed E-state index contributed by atoms with van der Waals surface area (Å²) in [7, 11) is 0. The van der Waals surface area contributed by atoms with E-state index in [1.807, 2.05) is 0 Å². The second-order valence-corrected chi connectivity index (χ2v) is 5.68. The van der Waals surface area contributed by atoms with Crippen molar-refractivity contribution in [1.29, 1.82) is 0 Å². The molecule has 0 saturated heterocycles. The maximum atomic E-state index is 11.7. The molecule has 0 rings (SSSR count). The zero-order valence-electron chi connectivity index (χ0n) is 14.6. The van der Waals surface area contributed by atoms with E-state index < -0.39 is 24.8 Å². The van der Waals surface area contributed by atoms with Crippen LogP contribution in [-0.4, -0.2) is 125 Å². The summed E-state index contributed by atoms with van der Waals surface area (Å²) in [5.74, 6) is -2.21. The van der Waals surface area contributed by atoms with Gasteiger partial charge in [0, 0.05) is 19.5 Å². The molecule has 3 N–H and O–H groups in total. The number of carbonyl (C=O) groups is 3. The first-order valence-electron chi connectivity index (χ1n) is 8.42. The Morgan fingerprint density at radius 1 is 1.04 bits per heavy atom. The number of carboxylic acids is 2. The molecule has 0 saturated carbocycles. The molecule has 0 fully saturated rings. The van der Waals surface area contributed by atoms with E-state index >= 15 is 0 Å². The van der Waals surface area contributed by atoms with Crippen LogP contribution in [0.15, 0.2) is 0 Å². The van der Waals surface area contributed by atoms with Crippen molar-refractivity contribution < 1.29 is 29.3 Å². The van der Waals surface area contributed by atoms with E-state index in [1.165, 1.54) is 11.3 Å². The monoisotopic (exact) mass is 394 g/mol. The summed E-state index contributed by atoms with van der Waals surface area (Å²) in [6.45, 7) is 3.50. The number of nitrogens with zero attached hydrogens (tertiary/aromatic N) is 1. The van der Waals surface area contributed by atoms with Crippen LogP contribution in [0.5, 0.6) is 0 Å². The topological polar surface area (TPSA) is 116 Å². The fourth-order valence-corrected chi connectivity index (χ4v) is 2.18. The molecular weight excluding hydrogens is 362 g/mol. The molecule has 8 nitrogen and oxygen atoms in total. The van der Waals surface area contributed by atoms with Crippen LogP contribution in [0.1, 0.15) is 52.4 Å². The molecule has 144 valence electrons. The molecule has 0 spiro atoms. The fraction of sp³-hybridized carbons (Fsp3) is 0.812. The summed E-state index contributed by atoms with van der Waals surface area (Å²) >= 11 is 0. The summed E-state index contributed by atoms with van der Waals surface area (Å²) in [6, 6.07) is 0. The molecule has 0 aromatic carbocycles. The Hall–Kier alpha value is 0.330. The summed E-state index contributed by atoms with van der Waals surface area (Å²) in [4.78, 5) is 34.6. The summed E-state index contributed by atoms with van der Waals surface area (Å²) in [5, 5.41) is 20.3. The van der Waals surface area contributed by atoms with Gasteiger partial charge in [0.25, 0.3) is 0 Å². The molecule has 0 radical (unpaired) electrons. The van der Waals surface area contributed by atoms with Crippen LogP contribution >= 0.6 is 0 Å². The van der Waals surface area contributed by atoms with E-state index in [9.17, 15) is 14.4 Å². The molecule has 1 amide bonds. The fourth-order valence-electron chi connectivity index (χ4n) is 2.18. The molecule has 0 aromatic rings. The average Bonchev–Trinajstić information content (AvgIpc) is 2.51. The quantitative estimate of drug-likeness (QED) is 0.203. The predicted molar refractivity (Wildman–Crippen MR) is 103 cm³/mol. The molecule has 0 heterocycles. The van der Waals surface area contributed by atoms with Crippen molar-refractivity contribution in [1.82, 2.24) is 10.2 Å². The zero-order chi connectivity index (χ0) is 18.4. The number of amides is 1. The predicted octanol–water partition coefficient (Wildman–Crippen LogP) is -0.0001000. The Balaban J connectivity index is -0.00000264. The summed E-state index contributed by atoms with van der Waals surface area (Å²) in [5.41, 5.74) is 0. The molecule has 0 aliphatic heterocycles. The van der Waals surface area contributed by atoms with Crippen molar-refractivity contribution in [3.8, 4) is 0 Å². The van der Waals surface area contributed by atoms with E-state index in [0.717, 1.165) is 25.7 Å². The van der Waals surface area contributed by atoms with Crippen LogP contribution in [0.25, 0.3) is 0 Å². The average molecular weight is 394 g/mol. The number of hydrogen-bond acceptors (Lipinski definition) is 5. The Morgan fingerprint density at radius 2 is 1.65 bits per heavy atom. The minimum atomic E-state index is -1.12. The third-order valence-electron chi connectivity index (χ3n) is 3.53. The van der Waals surface area contributed by atoms with Crippen molar-refractivity contribution in [2.45, 2.75) is 58.6 Å². The second kappa shape index (κ2) is 20.1. The number of carbonyl (C=O) groups excluding carboxylic acids is 1. The molecule has 0 aromatic heterocycles. The van der Waals surface area contributed by atoms with Crippen LogP contribution in [0.3, 0.4) is 0 Å². The van der Waals surface area contributed by atoms with Crippen LogP contribution in [0.2, 0.25) is 0 Å². The molecule has 0 bridgehead atoms. The van der Waals surface area contributed by atoms with Gasteiger partial charge in [-0.3, -0.25) is 14.5 Å². The maximum absolute atomic E-state index is 11.7. The van der Waals surface area contributed by atoms with Gasteiger partial charge in [0.1, 0.15) is 12.8 Å². The number of ether oxygens (including phenoxy) is 1. The third kappa shape index (κ3) is 19.1. The van der Waals surface area contributed by atoms with Gasteiger partial charge in [0.05, 0.1) is 6.54 Å². The number of hydrogen-bond donors (Lipinski definition) is 3. The van der Waals surface area contributed by atoms with E-state index in [1.54, 1.807) is 6.92 Å². The van der Waals surface area contributed by atoms with Crippen molar-refractivity contribution in [3.05, 3.63) is 0 Å². The normalized spacial score (nSPS) is 11.2. The zero-order valence-corrected chi connectivity index (χ0v) is 14.6. The first-order chi connectivity index (χ1) is 11.4. The Morgan fingerprint density at radius 3 is 2.19 bits per heavy atom. The van der Waals surface area contributed by atoms with Gasteiger partial charge in [0.2, 0.25) is 5.91 Å². The van der Waals surface area contributed by atoms with Gasteiger partial charge in [-0.05, 0) is 13.3 Å². The number of rotatable bonds is 15. The molecule has 0 aliphatic rings. The van der Waals surface area contributed by atoms with Crippen LogP contribution in [-0.2, 0) is 19.1 Å². The van der Waals surface area contributed by atoms with Gasteiger partial charge in [-0.1, -0.05) is 32.6 Å². The van der Waals surface area contributed by atoms with Crippen molar-refractivity contribution in [2.75, 3.05) is 26.2 Å². The van der Waals surface area contributed by atoms with E-state index in [4.69, 9.17) is 14.9 Å². The molecule has 10 heteroatoms. The van der Waals surface area contributed by atoms with Gasteiger partial charge in [0.15, 0.2) is 0 Å². The van der Waals surface area contributed by atoms with Crippen LogP contribution in [0, 0.1) is 0 Å². The number of unbranched alkanes of at least 4 members (excludes halogenated alkanes) is 4. The molecule has 1 unspecified atom stereocenters. The van der Waals surface area contributed by atoms with Gasteiger partial charge in [-0.2, -0.15) is 0 Å². The van der Waals surface area contributed by atoms with Gasteiger partial charge in [-0.25, -0.2) is 4.79 Å². The standard InChI is InChI=1S/C16H30N2O6.2Na.2H/c1-3-4-5-6-7-8-14(19)17-9-10-18(11-15(20)21)13(2)24-12-16(22)23;;;;/h13H,3-12H2,1-2H3,(H,17,19)(H,20,21)(H,22,23);;;;. The number of carboxylic acid groups (broad SMARTS) is 2. The van der Waals surface area contributed by atoms with Crippen molar-refractivity contribution >= 4 is 77.0 Å². The number of aliphatic carboxylic acids is 2. The SMILES string of the molecule is CCCCCCCC(=O)NCCN(CC(=O)O)C(C)OCC(=O)O.[NaH].[NaH]. The van der Waals surface area contributed by atoms with Gasteiger partial charge >= 0.3 is 71.1 Å². The van der Waals surface area contributed by atoms with Gasteiger partial charge in [-0.15, -0.1) is 0 Å². The van der Waals surface area contributed by atoms with Gasteiger partial charge < -0.3 is 20.3 Å². The third-order valence-corrected chi connectivity index (χ3v) is 3.53. The van der Waals surface area contributed by atoms with Crippen LogP contribution < -0.4 is 5.32 Å². The molecule has 0 aliphatic carbocycles. The molecule has 1 atom stereocenters. The van der Waals surface area contributed by atoms with Crippen LogP contribution in [0.4, 0.5) is 0 Å². The Bertz CT molecular complexity index is 399. The van der Waals surface area contributed by atoms with Crippen molar-refractivity contribution in [2.24, 2.45) is 0 Å². The van der Waals surface area contributed by atoms with E-state index in [0.29, 0.717) is 13.0 Å². The molecular formula is C16H32N2Na2O6. The Labute approximate surface area is 200 Å². The summed E-state index contributed by atoms with van der Waals surface area (Å²) in [6.07, 6.45) is 5.16. The van der Waals surface area contributed by atoms with E-state index in [2.05, 4.69) is 12.2 Å². The first kappa shape index (κ1) is 31.0. The number of nitrogens with one attached hydrogen (secondary N) is 1. The summed E-state index contributed by atoms with van der Waals surface area (Å²) < 4.78 is 5.08. The molecule has 26 heavy (non-hydrogen) atoms. The minimum absolute atomic E-state index is 0.